The van der Waals surface area contributed by atoms with Crippen molar-refractivity contribution in [3.63, 3.8) is 0 Å². The van der Waals surface area contributed by atoms with Gasteiger partial charge in [0.15, 0.2) is 11.5 Å². The number of methoxy groups -OCH3 is 2. The van der Waals surface area contributed by atoms with Gasteiger partial charge < -0.3 is 18.9 Å². The van der Waals surface area contributed by atoms with E-state index in [9.17, 15) is 4.79 Å². The van der Waals surface area contributed by atoms with E-state index < -0.39 is 0 Å². The summed E-state index contributed by atoms with van der Waals surface area (Å²) in [5.74, 6) is 2.29. The molecule has 1 fully saturated rings. The highest BCUT2D eigenvalue weighted by atomic mass is 16.6. The molecule has 0 N–H and O–H groups in total. The van der Waals surface area contributed by atoms with Crippen molar-refractivity contribution in [2.75, 3.05) is 27.4 Å². The SMILES string of the molecule is COCCCOc1cc(C[C@@H](CC(=N[C@H](C)c2ccccc2)[C@@H]2C[C@@H](C(C)C)C(=O)O2)C(C)C)ccc1OC. The minimum atomic E-state index is -0.271. The van der Waals surface area contributed by atoms with E-state index in [0.717, 1.165) is 42.0 Å². The second-order valence-electron chi connectivity index (χ2n) is 11.3. The van der Waals surface area contributed by atoms with Crippen molar-refractivity contribution in [3.05, 3.63) is 59.7 Å². The molecule has 0 amide bonds. The predicted octanol–water partition coefficient (Wildman–Crippen LogP) is 7.11. The van der Waals surface area contributed by atoms with Crippen molar-refractivity contribution in [3.8, 4) is 11.5 Å². The first-order valence-corrected chi connectivity index (χ1v) is 14.3. The van der Waals surface area contributed by atoms with Gasteiger partial charge >= 0.3 is 5.97 Å². The third-order valence-corrected chi connectivity index (χ3v) is 7.74. The molecule has 1 heterocycles. The van der Waals surface area contributed by atoms with Gasteiger partial charge in [-0.15, -0.1) is 0 Å². The molecule has 1 aliphatic heterocycles. The van der Waals surface area contributed by atoms with E-state index in [1.165, 1.54) is 5.56 Å². The van der Waals surface area contributed by atoms with Gasteiger partial charge in [0.2, 0.25) is 0 Å². The average molecular weight is 538 g/mol. The lowest BCUT2D eigenvalue weighted by molar-refractivity contribution is -0.143. The summed E-state index contributed by atoms with van der Waals surface area (Å²) in [6, 6.07) is 16.5. The maximum absolute atomic E-state index is 12.7. The summed E-state index contributed by atoms with van der Waals surface area (Å²) in [6.07, 6.45) is 2.88. The molecule has 2 aromatic carbocycles. The van der Waals surface area contributed by atoms with Crippen LogP contribution in [0.25, 0.3) is 0 Å². The Morgan fingerprint density at radius 1 is 1.00 bits per heavy atom. The van der Waals surface area contributed by atoms with Gasteiger partial charge in [0, 0.05) is 26.6 Å². The summed E-state index contributed by atoms with van der Waals surface area (Å²) in [5, 5.41) is 0. The Morgan fingerprint density at radius 2 is 1.74 bits per heavy atom. The van der Waals surface area contributed by atoms with Gasteiger partial charge in [0.25, 0.3) is 0 Å². The average Bonchev–Trinajstić information content (AvgIpc) is 3.32. The van der Waals surface area contributed by atoms with Crippen LogP contribution in [0.15, 0.2) is 53.5 Å². The van der Waals surface area contributed by atoms with Gasteiger partial charge in [-0.1, -0.05) is 64.1 Å². The van der Waals surface area contributed by atoms with Crippen LogP contribution in [0.1, 0.15) is 71.0 Å². The number of hydrogen-bond acceptors (Lipinski definition) is 6. The number of rotatable bonds is 15. The molecule has 6 heteroatoms. The lowest BCUT2D eigenvalue weighted by Gasteiger charge is -2.25. The lowest BCUT2D eigenvalue weighted by atomic mass is 9.82. The molecule has 3 rings (SSSR count). The fraction of sp³-hybridized carbons (Fsp3) is 0.576. The lowest BCUT2D eigenvalue weighted by Crippen LogP contribution is -2.27. The molecule has 0 spiro atoms. The third-order valence-electron chi connectivity index (χ3n) is 7.74. The zero-order valence-electron chi connectivity index (χ0n) is 24.8. The quantitative estimate of drug-likeness (QED) is 0.138. The predicted molar refractivity (Wildman–Crippen MR) is 157 cm³/mol. The molecule has 1 saturated heterocycles. The number of esters is 1. The Kier molecular flexibility index (Phi) is 11.9. The Hall–Kier alpha value is -2.86. The molecule has 39 heavy (non-hydrogen) atoms. The monoisotopic (exact) mass is 537 g/mol. The van der Waals surface area contributed by atoms with Crippen LogP contribution in [0.4, 0.5) is 0 Å². The van der Waals surface area contributed by atoms with Crippen LogP contribution in [0.2, 0.25) is 0 Å². The molecule has 214 valence electrons. The molecule has 0 unspecified atom stereocenters. The summed E-state index contributed by atoms with van der Waals surface area (Å²) in [7, 11) is 3.36. The summed E-state index contributed by atoms with van der Waals surface area (Å²) >= 11 is 0. The van der Waals surface area contributed by atoms with Crippen LogP contribution in [-0.4, -0.2) is 45.2 Å². The van der Waals surface area contributed by atoms with Crippen molar-refractivity contribution in [1.29, 1.82) is 0 Å². The third kappa shape index (κ3) is 8.82. The molecule has 0 saturated carbocycles. The van der Waals surface area contributed by atoms with Gasteiger partial charge in [-0.3, -0.25) is 9.79 Å². The Balaban J connectivity index is 1.85. The van der Waals surface area contributed by atoms with E-state index in [2.05, 4.69) is 58.9 Å². The second-order valence-corrected chi connectivity index (χ2v) is 11.3. The van der Waals surface area contributed by atoms with Gasteiger partial charge in [0.1, 0.15) is 6.10 Å². The molecular weight excluding hydrogens is 490 g/mol. The number of cyclic esters (lactones) is 1. The fourth-order valence-electron chi connectivity index (χ4n) is 5.13. The zero-order valence-corrected chi connectivity index (χ0v) is 24.8. The highest BCUT2D eigenvalue weighted by Crippen LogP contribution is 2.34. The summed E-state index contributed by atoms with van der Waals surface area (Å²) in [6.45, 7) is 12.0. The van der Waals surface area contributed by atoms with E-state index in [1.54, 1.807) is 14.2 Å². The second kappa shape index (κ2) is 15.1. The van der Waals surface area contributed by atoms with Crippen LogP contribution in [0, 0.1) is 23.7 Å². The van der Waals surface area contributed by atoms with Crippen LogP contribution in [0.3, 0.4) is 0 Å². The van der Waals surface area contributed by atoms with Crippen molar-refractivity contribution in [2.24, 2.45) is 28.7 Å². The van der Waals surface area contributed by atoms with E-state index >= 15 is 0 Å². The van der Waals surface area contributed by atoms with Crippen LogP contribution in [0.5, 0.6) is 11.5 Å². The van der Waals surface area contributed by atoms with Crippen molar-refractivity contribution < 1.29 is 23.7 Å². The molecule has 0 aromatic heterocycles. The Morgan fingerprint density at radius 3 is 2.36 bits per heavy atom. The minimum absolute atomic E-state index is 0.0149. The van der Waals surface area contributed by atoms with E-state index in [-0.39, 0.29) is 30.0 Å². The van der Waals surface area contributed by atoms with Crippen molar-refractivity contribution in [2.45, 2.75) is 72.4 Å². The van der Waals surface area contributed by atoms with Crippen molar-refractivity contribution >= 4 is 11.7 Å². The van der Waals surface area contributed by atoms with Crippen LogP contribution < -0.4 is 9.47 Å². The number of carbonyl (C=O) groups is 1. The Labute approximate surface area is 235 Å². The first-order chi connectivity index (χ1) is 18.7. The van der Waals surface area contributed by atoms with E-state index in [1.807, 2.05) is 24.3 Å². The van der Waals surface area contributed by atoms with Gasteiger partial charge in [-0.25, -0.2) is 0 Å². The van der Waals surface area contributed by atoms with E-state index in [0.29, 0.717) is 31.5 Å². The fourth-order valence-corrected chi connectivity index (χ4v) is 5.13. The number of nitrogens with zero attached hydrogens (tertiary/aromatic N) is 1. The number of benzene rings is 2. The maximum Gasteiger partial charge on any atom is 0.310 e. The highest BCUT2D eigenvalue weighted by Gasteiger charge is 2.39. The number of carbonyl (C=O) groups excluding carboxylic acids is 1. The molecule has 0 bridgehead atoms. The number of hydrogen-bond donors (Lipinski definition) is 0. The Bertz CT molecular complexity index is 1070. The smallest absolute Gasteiger partial charge is 0.310 e. The summed E-state index contributed by atoms with van der Waals surface area (Å²) in [4.78, 5) is 17.9. The standard InChI is InChI=1S/C33H47NO5/c1-22(2)27(18-25-14-15-30(37-7)32(19-25)38-17-11-16-36-6)20-29(31-21-28(23(3)4)33(35)39-31)34-24(5)26-12-9-8-10-13-26/h8-10,12-15,19,22-24,27-28,31H,11,16-18,20-21H2,1-7H3/t24-,27+,28+,31+/m1/s1. The highest BCUT2D eigenvalue weighted by molar-refractivity contribution is 5.93. The topological polar surface area (TPSA) is 66.4 Å². The zero-order chi connectivity index (χ0) is 28.4. The number of aliphatic imine (C=N–C) groups is 1. The number of ether oxygens (including phenoxy) is 4. The maximum atomic E-state index is 12.7. The molecule has 0 aliphatic carbocycles. The van der Waals surface area contributed by atoms with Crippen LogP contribution >= 0.6 is 0 Å². The van der Waals surface area contributed by atoms with Gasteiger partial charge in [-0.2, -0.15) is 0 Å². The molecule has 2 aromatic rings. The minimum Gasteiger partial charge on any atom is -0.493 e. The molecular formula is C33H47NO5. The first kappa shape index (κ1) is 30.7. The van der Waals surface area contributed by atoms with Gasteiger partial charge in [0.05, 0.1) is 31.4 Å². The molecule has 1 aliphatic rings. The summed E-state index contributed by atoms with van der Waals surface area (Å²) < 4.78 is 22.7. The van der Waals surface area contributed by atoms with Crippen LogP contribution in [-0.2, 0) is 20.7 Å². The largest absolute Gasteiger partial charge is 0.493 e. The molecule has 0 radical (unpaired) electrons. The van der Waals surface area contributed by atoms with E-state index in [4.69, 9.17) is 23.9 Å². The first-order valence-electron chi connectivity index (χ1n) is 14.3. The molecule has 6 nitrogen and oxygen atoms in total. The van der Waals surface area contributed by atoms with Gasteiger partial charge in [-0.05, 0) is 60.8 Å². The normalized spacial score (nSPS) is 19.3. The molecule has 4 atom stereocenters. The summed E-state index contributed by atoms with van der Waals surface area (Å²) in [5.41, 5.74) is 3.34. The van der Waals surface area contributed by atoms with Crippen molar-refractivity contribution in [1.82, 2.24) is 0 Å².